The highest BCUT2D eigenvalue weighted by Gasteiger charge is 2.30. The quantitative estimate of drug-likeness (QED) is 0.221. The third-order valence-corrected chi connectivity index (χ3v) is 6.04. The molecular weight excluding hydrogens is 495 g/mol. The molecule has 4 rings (SSSR count). The van der Waals surface area contributed by atoms with E-state index in [-0.39, 0.29) is 5.76 Å². The molecule has 1 N–H and O–H groups in total. The van der Waals surface area contributed by atoms with Gasteiger partial charge >= 0.3 is 6.18 Å². The Morgan fingerprint density at radius 2 is 1.58 bits per heavy atom. The topological polar surface area (TPSA) is 71.6 Å². The average Bonchev–Trinajstić information content (AvgIpc) is 3.38. The van der Waals surface area contributed by atoms with Gasteiger partial charge in [-0.1, -0.05) is 49.0 Å². The van der Waals surface area contributed by atoms with Crippen molar-refractivity contribution < 1.29 is 27.5 Å². The molecule has 0 atom stereocenters. The monoisotopic (exact) mass is 523 g/mol. The van der Waals surface area contributed by atoms with Crippen molar-refractivity contribution in [2.75, 3.05) is 11.4 Å². The predicted octanol–water partition coefficient (Wildman–Crippen LogP) is 7.23. The van der Waals surface area contributed by atoms with Crippen LogP contribution >= 0.6 is 0 Å². The van der Waals surface area contributed by atoms with E-state index in [1.165, 1.54) is 12.1 Å². The number of ether oxygens (including phenoxy) is 1. The molecule has 3 aromatic carbocycles. The van der Waals surface area contributed by atoms with Crippen LogP contribution in [0, 0.1) is 0 Å². The van der Waals surface area contributed by atoms with Crippen molar-refractivity contribution in [1.82, 2.24) is 10.1 Å². The molecule has 0 aliphatic rings. The van der Waals surface area contributed by atoms with Crippen molar-refractivity contribution in [3.8, 4) is 17.2 Å². The molecule has 0 aliphatic carbocycles. The first kappa shape index (κ1) is 26.8. The lowest BCUT2D eigenvalue weighted by molar-refractivity contribution is -0.137. The molecule has 0 radical (unpaired) electrons. The van der Waals surface area contributed by atoms with E-state index < -0.39 is 17.3 Å². The Bertz CT molecular complexity index is 1350. The first-order chi connectivity index (χ1) is 18.0. The number of aliphatic hydroxyl groups excluding tert-OH is 1. The third kappa shape index (κ3) is 6.73. The van der Waals surface area contributed by atoms with Gasteiger partial charge in [0.15, 0.2) is 5.60 Å². The first-order valence-electron chi connectivity index (χ1n) is 12.0. The minimum atomic E-state index is -4.40. The lowest BCUT2D eigenvalue weighted by Gasteiger charge is -2.25. The van der Waals surface area contributed by atoms with E-state index in [0.717, 1.165) is 23.3 Å². The fraction of sp³-hybridized carbons (Fsp3) is 0.241. The van der Waals surface area contributed by atoms with Crippen LogP contribution in [0.1, 0.15) is 30.5 Å². The van der Waals surface area contributed by atoms with E-state index in [4.69, 9.17) is 9.26 Å². The summed E-state index contributed by atoms with van der Waals surface area (Å²) in [6.45, 7) is 7.75. The Kier molecular flexibility index (Phi) is 7.75. The lowest BCUT2D eigenvalue weighted by atomic mass is 10.1. The van der Waals surface area contributed by atoms with Crippen LogP contribution in [0.15, 0.2) is 95.7 Å². The Morgan fingerprint density at radius 3 is 2.18 bits per heavy atom. The van der Waals surface area contributed by atoms with Gasteiger partial charge in [-0.25, -0.2) is 0 Å². The Morgan fingerprint density at radius 1 is 0.947 bits per heavy atom. The number of benzene rings is 3. The molecule has 0 spiro atoms. The van der Waals surface area contributed by atoms with Crippen molar-refractivity contribution in [1.29, 1.82) is 0 Å². The maximum absolute atomic E-state index is 13.0. The summed E-state index contributed by atoms with van der Waals surface area (Å²) in [6, 6.07) is 21.8. The molecule has 0 fully saturated rings. The van der Waals surface area contributed by atoms with Crippen LogP contribution in [0.5, 0.6) is 5.75 Å². The highest BCUT2D eigenvalue weighted by molar-refractivity contribution is 5.54. The maximum Gasteiger partial charge on any atom is 0.416 e. The van der Waals surface area contributed by atoms with Gasteiger partial charge < -0.3 is 19.3 Å². The standard InChI is InChI=1S/C29H28F3N3O3/c1-20(36)28(2,3)37-25-15-11-21(12-16-25)17-18-35(19-22-9-13-24(14-10-22)29(30,31)32)27-33-26(38-34-27)23-7-5-4-6-8-23/h4-16,36H,1,17-19H2,2-3H3. The van der Waals surface area contributed by atoms with Crippen molar-refractivity contribution >= 4 is 5.95 Å². The smallest absolute Gasteiger partial charge is 0.416 e. The average molecular weight is 524 g/mol. The molecule has 0 saturated heterocycles. The van der Waals surface area contributed by atoms with E-state index in [2.05, 4.69) is 16.7 Å². The SMILES string of the molecule is C=C(O)C(C)(C)Oc1ccc(CCN(Cc2ccc(C(F)(F)F)cc2)c2noc(-c3ccccc3)n2)cc1. The normalized spacial score (nSPS) is 11.8. The van der Waals surface area contributed by atoms with Gasteiger partial charge in [-0.15, -0.1) is 0 Å². The fourth-order valence-electron chi connectivity index (χ4n) is 3.65. The predicted molar refractivity (Wildman–Crippen MR) is 139 cm³/mol. The summed E-state index contributed by atoms with van der Waals surface area (Å²) in [5, 5.41) is 13.8. The van der Waals surface area contributed by atoms with Crippen LogP contribution in [0.3, 0.4) is 0 Å². The summed E-state index contributed by atoms with van der Waals surface area (Å²) >= 11 is 0. The van der Waals surface area contributed by atoms with Gasteiger partial charge in [-0.05, 0) is 73.0 Å². The summed E-state index contributed by atoms with van der Waals surface area (Å²) in [5.74, 6) is 1.20. The minimum absolute atomic E-state index is 0.0736. The molecule has 0 saturated carbocycles. The van der Waals surface area contributed by atoms with Gasteiger partial charge in [0.05, 0.1) is 5.56 Å². The van der Waals surface area contributed by atoms with Crippen molar-refractivity contribution in [3.05, 3.63) is 108 Å². The van der Waals surface area contributed by atoms with Crippen molar-refractivity contribution in [3.63, 3.8) is 0 Å². The molecular formula is C29H28F3N3O3. The van der Waals surface area contributed by atoms with E-state index in [1.54, 1.807) is 13.8 Å². The van der Waals surface area contributed by atoms with E-state index in [0.29, 0.717) is 42.7 Å². The van der Waals surface area contributed by atoms with Crippen LogP contribution in [0.2, 0.25) is 0 Å². The number of anilines is 1. The van der Waals surface area contributed by atoms with Gasteiger partial charge in [0.1, 0.15) is 11.5 Å². The zero-order chi connectivity index (χ0) is 27.3. The summed E-state index contributed by atoms with van der Waals surface area (Å²) in [6.07, 6.45) is -3.79. The van der Waals surface area contributed by atoms with E-state index >= 15 is 0 Å². The summed E-state index contributed by atoms with van der Waals surface area (Å²) in [5.41, 5.74) is 0.829. The van der Waals surface area contributed by atoms with Crippen LogP contribution in [0.4, 0.5) is 19.1 Å². The molecule has 38 heavy (non-hydrogen) atoms. The second-order valence-corrected chi connectivity index (χ2v) is 9.33. The molecule has 0 aliphatic heterocycles. The molecule has 198 valence electrons. The van der Waals surface area contributed by atoms with E-state index in [9.17, 15) is 18.3 Å². The highest BCUT2D eigenvalue weighted by atomic mass is 19.4. The molecule has 0 bridgehead atoms. The second kappa shape index (κ2) is 11.0. The van der Waals surface area contributed by atoms with Gasteiger partial charge in [0.2, 0.25) is 0 Å². The number of alkyl halides is 3. The molecule has 1 aromatic heterocycles. The number of aliphatic hydroxyl groups is 1. The highest BCUT2D eigenvalue weighted by Crippen LogP contribution is 2.30. The van der Waals surface area contributed by atoms with Gasteiger partial charge in [0.25, 0.3) is 11.8 Å². The van der Waals surface area contributed by atoms with Crippen LogP contribution < -0.4 is 9.64 Å². The molecule has 0 amide bonds. The maximum atomic E-state index is 13.0. The lowest BCUT2D eigenvalue weighted by Crippen LogP contribution is -2.30. The third-order valence-electron chi connectivity index (χ3n) is 6.04. The second-order valence-electron chi connectivity index (χ2n) is 9.33. The zero-order valence-corrected chi connectivity index (χ0v) is 21.1. The Labute approximate surface area is 219 Å². The van der Waals surface area contributed by atoms with Crippen molar-refractivity contribution in [2.45, 2.75) is 38.6 Å². The van der Waals surface area contributed by atoms with Gasteiger partial charge in [-0.2, -0.15) is 18.2 Å². The number of halogens is 3. The number of aromatic nitrogens is 2. The summed E-state index contributed by atoms with van der Waals surface area (Å²) < 4.78 is 50.3. The Hall–Kier alpha value is -4.27. The number of nitrogens with zero attached hydrogens (tertiary/aromatic N) is 3. The fourth-order valence-corrected chi connectivity index (χ4v) is 3.65. The molecule has 0 unspecified atom stereocenters. The van der Waals surface area contributed by atoms with Crippen LogP contribution in [-0.4, -0.2) is 27.4 Å². The first-order valence-corrected chi connectivity index (χ1v) is 12.0. The van der Waals surface area contributed by atoms with Gasteiger partial charge in [0, 0.05) is 18.7 Å². The number of hydrogen-bond donors (Lipinski definition) is 1. The molecule has 4 aromatic rings. The van der Waals surface area contributed by atoms with E-state index in [1.807, 2.05) is 59.5 Å². The zero-order valence-electron chi connectivity index (χ0n) is 21.1. The Balaban J connectivity index is 1.51. The number of hydrogen-bond acceptors (Lipinski definition) is 6. The van der Waals surface area contributed by atoms with Crippen LogP contribution in [0.25, 0.3) is 11.5 Å². The summed E-state index contributed by atoms with van der Waals surface area (Å²) in [7, 11) is 0. The van der Waals surface area contributed by atoms with Crippen LogP contribution in [-0.2, 0) is 19.1 Å². The molecule has 6 nitrogen and oxygen atoms in total. The molecule has 1 heterocycles. The van der Waals surface area contributed by atoms with Crippen molar-refractivity contribution in [2.24, 2.45) is 0 Å². The minimum Gasteiger partial charge on any atom is -0.509 e. The van der Waals surface area contributed by atoms with Gasteiger partial charge in [-0.3, -0.25) is 0 Å². The largest absolute Gasteiger partial charge is 0.509 e. The molecule has 9 heteroatoms. The number of rotatable bonds is 10. The summed E-state index contributed by atoms with van der Waals surface area (Å²) in [4.78, 5) is 6.40.